The molecule has 1 aliphatic carbocycles. The van der Waals surface area contributed by atoms with Crippen LogP contribution < -0.4 is 4.65 Å². The first-order chi connectivity index (χ1) is 13.9. The molecule has 3 heteroatoms. The lowest BCUT2D eigenvalue weighted by molar-refractivity contribution is 0.453. The third kappa shape index (κ3) is 2.33. The molecule has 5 rings (SSSR count). The van der Waals surface area contributed by atoms with Crippen molar-refractivity contribution in [1.82, 2.24) is 0 Å². The van der Waals surface area contributed by atoms with Crippen molar-refractivity contribution in [3.05, 3.63) is 125 Å². The number of hydrogen-bond donors (Lipinski definition) is 1. The molecular weight excluding hydrogens is 343 g/mol. The van der Waals surface area contributed by atoms with Gasteiger partial charge in [0.1, 0.15) is 5.75 Å². The van der Waals surface area contributed by atoms with E-state index in [2.05, 4.69) is 91.0 Å². The molecule has 0 saturated heterocycles. The summed E-state index contributed by atoms with van der Waals surface area (Å²) in [4.78, 5) is 0. The molecule has 0 spiro atoms. The van der Waals surface area contributed by atoms with Crippen LogP contribution in [0.15, 0.2) is 103 Å². The summed E-state index contributed by atoms with van der Waals surface area (Å²) in [7, 11) is -0.325. The zero-order chi connectivity index (χ0) is 19.0. The van der Waals surface area contributed by atoms with E-state index in [1.807, 2.05) is 12.1 Å². The van der Waals surface area contributed by atoms with E-state index in [9.17, 15) is 0 Å². The van der Waals surface area contributed by atoms with E-state index < -0.39 is 0 Å². The fourth-order valence-electron chi connectivity index (χ4n) is 4.59. The van der Waals surface area contributed by atoms with Crippen LogP contribution in [0.1, 0.15) is 22.3 Å². The molecule has 0 saturated carbocycles. The van der Waals surface area contributed by atoms with E-state index in [4.69, 9.17) is 9.68 Å². The van der Waals surface area contributed by atoms with Gasteiger partial charge in [0.2, 0.25) is 0 Å². The first kappa shape index (κ1) is 16.8. The van der Waals surface area contributed by atoms with Gasteiger partial charge < -0.3 is 9.68 Å². The minimum Gasteiger partial charge on any atom is -0.539 e. The van der Waals surface area contributed by atoms with Gasteiger partial charge in [-0.2, -0.15) is 0 Å². The molecule has 0 fully saturated rings. The van der Waals surface area contributed by atoms with Gasteiger partial charge in [0.05, 0.1) is 5.41 Å². The summed E-state index contributed by atoms with van der Waals surface area (Å²) >= 11 is 0. The Balaban J connectivity index is 1.86. The molecule has 0 unspecified atom stereocenters. The van der Waals surface area contributed by atoms with E-state index in [1.165, 1.54) is 33.4 Å². The Bertz CT molecular complexity index is 1080. The van der Waals surface area contributed by atoms with Gasteiger partial charge in [-0.05, 0) is 45.5 Å². The van der Waals surface area contributed by atoms with Crippen molar-refractivity contribution < 1.29 is 9.68 Å². The Labute approximate surface area is 165 Å². The number of rotatable bonds is 4. The molecule has 0 bridgehead atoms. The molecule has 0 aliphatic heterocycles. The minimum absolute atomic E-state index is 0.325. The van der Waals surface area contributed by atoms with Gasteiger partial charge in [0, 0.05) is 0 Å². The molecule has 0 radical (unpaired) electrons. The Kier molecular flexibility index (Phi) is 4.03. The second kappa shape index (κ2) is 6.70. The van der Waals surface area contributed by atoms with E-state index >= 15 is 0 Å². The normalized spacial score (nSPS) is 13.5. The standard InChI is InChI=1S/C25H19BO2/c27-26-28-20-16-14-19(15-17-20)25(18-8-2-1-3-9-18)23-12-6-4-10-21(23)22-11-5-7-13-24(22)25/h1-17,26-27H. The highest BCUT2D eigenvalue weighted by atomic mass is 16.5. The largest absolute Gasteiger partial charge is 0.539 e. The Morgan fingerprint density at radius 1 is 0.571 bits per heavy atom. The fraction of sp³-hybridized carbons (Fsp3) is 0.0400. The predicted octanol–water partition coefficient (Wildman–Crippen LogP) is 4.69. The van der Waals surface area contributed by atoms with E-state index in [1.54, 1.807) is 0 Å². The van der Waals surface area contributed by atoms with Crippen molar-refractivity contribution in [3.8, 4) is 16.9 Å². The van der Waals surface area contributed by atoms with Crippen molar-refractivity contribution in [3.63, 3.8) is 0 Å². The first-order valence-corrected chi connectivity index (χ1v) is 9.45. The lowest BCUT2D eigenvalue weighted by Gasteiger charge is -2.33. The third-order valence-corrected chi connectivity index (χ3v) is 5.68. The van der Waals surface area contributed by atoms with Gasteiger partial charge in [0.25, 0.3) is 0 Å². The Morgan fingerprint density at radius 2 is 1.07 bits per heavy atom. The summed E-state index contributed by atoms with van der Waals surface area (Å²) in [6.07, 6.45) is 0. The van der Waals surface area contributed by atoms with Crippen LogP contribution in [0.3, 0.4) is 0 Å². The molecule has 28 heavy (non-hydrogen) atoms. The van der Waals surface area contributed by atoms with E-state index in [0.29, 0.717) is 5.75 Å². The molecule has 134 valence electrons. The molecule has 1 aliphatic rings. The minimum atomic E-state index is -0.383. The van der Waals surface area contributed by atoms with Gasteiger partial charge in [-0.1, -0.05) is 91.0 Å². The molecule has 1 N–H and O–H groups in total. The van der Waals surface area contributed by atoms with Gasteiger partial charge in [-0.3, -0.25) is 0 Å². The van der Waals surface area contributed by atoms with Crippen LogP contribution in [0.2, 0.25) is 0 Å². The summed E-state index contributed by atoms with van der Waals surface area (Å²) in [5.41, 5.74) is 7.17. The topological polar surface area (TPSA) is 29.5 Å². The highest BCUT2D eigenvalue weighted by molar-refractivity contribution is 6.17. The van der Waals surface area contributed by atoms with Crippen molar-refractivity contribution in [2.75, 3.05) is 0 Å². The molecule has 4 aromatic carbocycles. The molecule has 4 aromatic rings. The van der Waals surface area contributed by atoms with Crippen LogP contribution >= 0.6 is 0 Å². The van der Waals surface area contributed by atoms with Crippen molar-refractivity contribution in [1.29, 1.82) is 0 Å². The molecule has 0 heterocycles. The molecule has 2 nitrogen and oxygen atoms in total. The monoisotopic (exact) mass is 362 g/mol. The molecule has 0 aromatic heterocycles. The Hall–Kier alpha value is -3.30. The van der Waals surface area contributed by atoms with Gasteiger partial charge in [0.15, 0.2) is 0 Å². The highest BCUT2D eigenvalue weighted by Crippen LogP contribution is 2.55. The summed E-state index contributed by atoms with van der Waals surface area (Å²) in [6.45, 7) is 0. The fourth-order valence-corrected chi connectivity index (χ4v) is 4.59. The predicted molar refractivity (Wildman–Crippen MR) is 114 cm³/mol. The van der Waals surface area contributed by atoms with Crippen LogP contribution in [-0.2, 0) is 5.41 Å². The lowest BCUT2D eigenvalue weighted by Crippen LogP contribution is -2.28. The van der Waals surface area contributed by atoms with E-state index in [-0.39, 0.29) is 13.1 Å². The first-order valence-electron chi connectivity index (χ1n) is 9.45. The zero-order valence-corrected chi connectivity index (χ0v) is 15.4. The lowest BCUT2D eigenvalue weighted by atomic mass is 9.68. The van der Waals surface area contributed by atoms with Gasteiger partial charge >= 0.3 is 7.69 Å². The van der Waals surface area contributed by atoms with Crippen LogP contribution in [-0.4, -0.2) is 12.7 Å². The summed E-state index contributed by atoms with van der Waals surface area (Å²) in [5, 5.41) is 9.07. The molecular formula is C25H19BO2. The molecule has 0 atom stereocenters. The van der Waals surface area contributed by atoms with Crippen LogP contribution in [0.4, 0.5) is 0 Å². The van der Waals surface area contributed by atoms with Crippen LogP contribution in [0, 0.1) is 0 Å². The smallest absolute Gasteiger partial charge is 0.504 e. The average Bonchev–Trinajstić information content (AvgIpc) is 3.07. The van der Waals surface area contributed by atoms with Crippen LogP contribution in [0.5, 0.6) is 5.75 Å². The van der Waals surface area contributed by atoms with Gasteiger partial charge in [-0.25, -0.2) is 0 Å². The maximum absolute atomic E-state index is 9.07. The quantitative estimate of drug-likeness (QED) is 0.470. The average molecular weight is 362 g/mol. The second-order valence-electron chi connectivity index (χ2n) is 7.01. The highest BCUT2D eigenvalue weighted by Gasteiger charge is 2.45. The SMILES string of the molecule is OBOc1ccc(C2(c3ccccc3)c3ccccc3-c3ccccc32)cc1. The van der Waals surface area contributed by atoms with Crippen molar-refractivity contribution >= 4 is 7.69 Å². The third-order valence-electron chi connectivity index (χ3n) is 5.68. The maximum Gasteiger partial charge on any atom is 0.504 e. The number of hydrogen-bond acceptors (Lipinski definition) is 2. The maximum atomic E-state index is 9.07. The number of fused-ring (bicyclic) bond motifs is 3. The van der Waals surface area contributed by atoms with Gasteiger partial charge in [-0.15, -0.1) is 0 Å². The summed E-state index contributed by atoms with van der Waals surface area (Å²) in [5.74, 6) is 0.661. The number of benzene rings is 4. The van der Waals surface area contributed by atoms with Crippen molar-refractivity contribution in [2.24, 2.45) is 0 Å². The molecule has 0 amide bonds. The second-order valence-corrected chi connectivity index (χ2v) is 7.01. The van der Waals surface area contributed by atoms with Crippen molar-refractivity contribution in [2.45, 2.75) is 5.41 Å². The van der Waals surface area contributed by atoms with Crippen LogP contribution in [0.25, 0.3) is 11.1 Å². The summed E-state index contributed by atoms with van der Waals surface area (Å²) < 4.78 is 5.26. The zero-order valence-electron chi connectivity index (χ0n) is 15.4. The van der Waals surface area contributed by atoms with E-state index in [0.717, 1.165) is 0 Å². The summed E-state index contributed by atoms with van der Waals surface area (Å²) in [6, 6.07) is 36.1. The Morgan fingerprint density at radius 3 is 1.64 bits per heavy atom.